The van der Waals surface area contributed by atoms with Gasteiger partial charge in [-0.3, -0.25) is 14.4 Å². The van der Waals surface area contributed by atoms with Crippen LogP contribution in [0.25, 0.3) is 0 Å². The van der Waals surface area contributed by atoms with Gasteiger partial charge in [-0.2, -0.15) is 0 Å². The van der Waals surface area contributed by atoms with Crippen molar-refractivity contribution in [3.63, 3.8) is 0 Å². The molecular formula is C23H26F2N4O4. The van der Waals surface area contributed by atoms with Gasteiger partial charge in [0.1, 0.15) is 17.2 Å². The number of nitrogens with zero attached hydrogens (tertiary/aromatic N) is 2. The fourth-order valence-corrected chi connectivity index (χ4v) is 4.29. The van der Waals surface area contributed by atoms with E-state index in [9.17, 15) is 18.4 Å². The van der Waals surface area contributed by atoms with E-state index >= 15 is 0 Å². The number of likely N-dealkylation sites (tertiary alicyclic amines) is 1. The Bertz CT molecular complexity index is 1010. The summed E-state index contributed by atoms with van der Waals surface area (Å²) in [5.41, 5.74) is 2.38. The van der Waals surface area contributed by atoms with Gasteiger partial charge >= 0.3 is 0 Å². The van der Waals surface area contributed by atoms with E-state index in [0.717, 1.165) is 6.07 Å². The van der Waals surface area contributed by atoms with Gasteiger partial charge < -0.3 is 15.0 Å². The number of carbonyl (C=O) groups excluding carboxylic acids is 2. The molecule has 10 heteroatoms. The second-order valence-electron chi connectivity index (χ2n) is 8.21. The molecule has 0 saturated carbocycles. The Morgan fingerprint density at radius 1 is 1.24 bits per heavy atom. The van der Waals surface area contributed by atoms with E-state index in [0.29, 0.717) is 30.5 Å². The first-order valence-electron chi connectivity index (χ1n) is 10.9. The summed E-state index contributed by atoms with van der Waals surface area (Å²) in [6.07, 6.45) is 3.18. The van der Waals surface area contributed by atoms with Gasteiger partial charge in [-0.15, -0.1) is 0 Å². The molecule has 4 rings (SSSR count). The first-order valence-corrected chi connectivity index (χ1v) is 10.9. The van der Waals surface area contributed by atoms with E-state index in [1.807, 2.05) is 0 Å². The molecule has 2 aliphatic rings. The maximum atomic E-state index is 13.8. The van der Waals surface area contributed by atoms with Crippen molar-refractivity contribution in [2.24, 2.45) is 0 Å². The van der Waals surface area contributed by atoms with Crippen molar-refractivity contribution < 1.29 is 27.9 Å². The molecule has 0 unspecified atom stereocenters. The minimum absolute atomic E-state index is 0.237. The van der Waals surface area contributed by atoms with Crippen molar-refractivity contribution in [2.75, 3.05) is 26.7 Å². The van der Waals surface area contributed by atoms with Crippen LogP contribution in [0, 0.1) is 11.6 Å². The molecule has 1 aromatic heterocycles. The zero-order valence-corrected chi connectivity index (χ0v) is 18.3. The molecule has 2 fully saturated rings. The Morgan fingerprint density at radius 3 is 2.67 bits per heavy atom. The fraction of sp³-hybridized carbons (Fsp3) is 0.435. The lowest BCUT2D eigenvalue weighted by Crippen LogP contribution is -2.58. The summed E-state index contributed by atoms with van der Waals surface area (Å²) in [6, 6.07) is 6.02. The molecule has 33 heavy (non-hydrogen) atoms. The Kier molecular flexibility index (Phi) is 6.85. The topological polar surface area (TPSA) is 92.8 Å². The Morgan fingerprint density at radius 2 is 1.97 bits per heavy atom. The molecule has 2 aliphatic heterocycles. The van der Waals surface area contributed by atoms with Crippen LogP contribution in [0.5, 0.6) is 5.88 Å². The fourth-order valence-electron chi connectivity index (χ4n) is 4.29. The van der Waals surface area contributed by atoms with E-state index in [4.69, 9.17) is 9.57 Å². The van der Waals surface area contributed by atoms with Gasteiger partial charge in [-0.1, -0.05) is 0 Å². The minimum atomic E-state index is -1.20. The van der Waals surface area contributed by atoms with Crippen LogP contribution in [0.2, 0.25) is 0 Å². The summed E-state index contributed by atoms with van der Waals surface area (Å²) in [4.78, 5) is 37.8. The second kappa shape index (κ2) is 9.80. The molecule has 0 aliphatic carbocycles. The van der Waals surface area contributed by atoms with Gasteiger partial charge in [0.25, 0.3) is 11.8 Å². The third-order valence-electron chi connectivity index (χ3n) is 6.10. The quantitative estimate of drug-likeness (QED) is 0.731. The van der Waals surface area contributed by atoms with Crippen LogP contribution in [-0.4, -0.2) is 54.0 Å². The van der Waals surface area contributed by atoms with Gasteiger partial charge in [0, 0.05) is 44.7 Å². The first kappa shape index (κ1) is 23.1. The molecule has 1 aromatic carbocycles. The third-order valence-corrected chi connectivity index (χ3v) is 6.10. The number of benzene rings is 1. The number of rotatable bonds is 3. The lowest BCUT2D eigenvalue weighted by Gasteiger charge is -2.40. The highest BCUT2D eigenvalue weighted by Crippen LogP contribution is 2.31. The number of amides is 2. The maximum absolute atomic E-state index is 13.8. The molecule has 1 atom stereocenters. The lowest BCUT2D eigenvalue weighted by atomic mass is 9.89. The minimum Gasteiger partial charge on any atom is -0.480 e. The van der Waals surface area contributed by atoms with E-state index < -0.39 is 23.3 Å². The summed E-state index contributed by atoms with van der Waals surface area (Å²) in [5, 5.41) is 2.91. The van der Waals surface area contributed by atoms with Gasteiger partial charge in [0.05, 0.1) is 13.2 Å². The summed E-state index contributed by atoms with van der Waals surface area (Å²) in [7, 11) is 1.45. The van der Waals surface area contributed by atoms with Crippen LogP contribution >= 0.6 is 0 Å². The molecule has 0 radical (unpaired) electrons. The summed E-state index contributed by atoms with van der Waals surface area (Å²) in [6.45, 7) is 1.04. The highest BCUT2D eigenvalue weighted by Gasteiger charge is 2.45. The number of hydrogen-bond donors (Lipinski definition) is 2. The maximum Gasteiger partial charge on any atom is 0.259 e. The van der Waals surface area contributed by atoms with Crippen LogP contribution in [-0.2, 0) is 9.63 Å². The van der Waals surface area contributed by atoms with Crippen molar-refractivity contribution in [3.05, 3.63) is 59.3 Å². The van der Waals surface area contributed by atoms with Gasteiger partial charge in [0.15, 0.2) is 5.60 Å². The van der Waals surface area contributed by atoms with Crippen LogP contribution < -0.4 is 15.5 Å². The summed E-state index contributed by atoms with van der Waals surface area (Å²) < 4.78 is 32.7. The number of hydroxylamine groups is 1. The number of nitrogens with one attached hydrogen (secondary N) is 2. The number of ether oxygens (including phenoxy) is 1. The Balaban J connectivity index is 1.50. The SMILES string of the molecule is COc1ncccc1C(=O)N1CCC2(CC1)ONCCC[C@@H](c1cc(F)cc(F)c1)NC2=O. The molecule has 0 bridgehead atoms. The van der Waals surface area contributed by atoms with Crippen LogP contribution in [0.3, 0.4) is 0 Å². The van der Waals surface area contributed by atoms with Crippen molar-refractivity contribution >= 4 is 11.8 Å². The van der Waals surface area contributed by atoms with Gasteiger partial charge in [-0.25, -0.2) is 19.2 Å². The average molecular weight is 460 g/mol. The summed E-state index contributed by atoms with van der Waals surface area (Å²) >= 11 is 0. The van der Waals surface area contributed by atoms with E-state index in [-0.39, 0.29) is 43.6 Å². The number of carbonyl (C=O) groups is 2. The predicted molar refractivity (Wildman–Crippen MR) is 114 cm³/mol. The zero-order valence-electron chi connectivity index (χ0n) is 18.3. The molecule has 2 N–H and O–H groups in total. The third kappa shape index (κ3) is 4.96. The number of methoxy groups -OCH3 is 1. The predicted octanol–water partition coefficient (Wildman–Crippen LogP) is 2.52. The monoisotopic (exact) mass is 460 g/mol. The summed E-state index contributed by atoms with van der Waals surface area (Å²) in [5.74, 6) is -1.76. The van der Waals surface area contributed by atoms with Crippen molar-refractivity contribution in [1.29, 1.82) is 0 Å². The van der Waals surface area contributed by atoms with E-state index in [1.54, 1.807) is 23.2 Å². The number of aromatic nitrogens is 1. The number of halogens is 2. The van der Waals surface area contributed by atoms with E-state index in [2.05, 4.69) is 15.8 Å². The van der Waals surface area contributed by atoms with Crippen LogP contribution in [0.15, 0.2) is 36.5 Å². The van der Waals surface area contributed by atoms with Crippen molar-refractivity contribution in [2.45, 2.75) is 37.3 Å². The van der Waals surface area contributed by atoms with Crippen LogP contribution in [0.1, 0.15) is 47.6 Å². The first-order chi connectivity index (χ1) is 15.9. The molecule has 2 saturated heterocycles. The van der Waals surface area contributed by atoms with Crippen LogP contribution in [0.4, 0.5) is 8.78 Å². The Hall–Kier alpha value is -3.11. The molecule has 8 nitrogen and oxygen atoms in total. The van der Waals surface area contributed by atoms with Crippen molar-refractivity contribution in [3.8, 4) is 5.88 Å². The van der Waals surface area contributed by atoms with Gasteiger partial charge in [0.2, 0.25) is 5.88 Å². The molecule has 2 amide bonds. The van der Waals surface area contributed by atoms with Crippen molar-refractivity contribution in [1.82, 2.24) is 20.7 Å². The lowest BCUT2D eigenvalue weighted by molar-refractivity contribution is -0.168. The highest BCUT2D eigenvalue weighted by molar-refractivity contribution is 5.96. The molecular weight excluding hydrogens is 434 g/mol. The molecule has 176 valence electrons. The normalized spacial score (nSPS) is 21.0. The zero-order chi connectivity index (χ0) is 23.4. The smallest absolute Gasteiger partial charge is 0.259 e. The number of piperidine rings is 1. The average Bonchev–Trinajstić information content (AvgIpc) is 2.89. The van der Waals surface area contributed by atoms with Gasteiger partial charge in [-0.05, 0) is 42.7 Å². The Labute approximate surface area is 190 Å². The number of hydrogen-bond acceptors (Lipinski definition) is 6. The largest absolute Gasteiger partial charge is 0.480 e. The number of pyridine rings is 1. The molecule has 2 aromatic rings. The standard InChI is InChI=1S/C23H26F2N4O4/c1-32-20-18(4-2-8-26-20)21(30)29-10-6-23(7-11-29)22(31)28-19(5-3-9-27-33-23)15-12-16(24)14-17(25)13-15/h2,4,8,12-14,19,27H,3,5-7,9-11H2,1H3,(H,28,31)/t19-/m0/s1. The molecule has 1 spiro atoms. The second-order valence-corrected chi connectivity index (χ2v) is 8.21. The molecule has 3 heterocycles. The highest BCUT2D eigenvalue weighted by atomic mass is 19.1. The van der Waals surface area contributed by atoms with E-state index in [1.165, 1.54) is 19.2 Å².